The number of nitrogens with zero attached hydrogens (tertiary/aromatic N) is 1. The molecule has 2 heterocycles. The van der Waals surface area contributed by atoms with Crippen molar-refractivity contribution in [3.63, 3.8) is 0 Å². The van der Waals surface area contributed by atoms with E-state index >= 15 is 0 Å². The number of piperidine rings is 2. The van der Waals surface area contributed by atoms with Crippen molar-refractivity contribution in [2.45, 2.75) is 43.0 Å². The van der Waals surface area contributed by atoms with Crippen molar-refractivity contribution in [3.05, 3.63) is 29.8 Å². The molecule has 0 spiro atoms. The number of benzene rings is 1. The summed E-state index contributed by atoms with van der Waals surface area (Å²) in [5.74, 6) is 0.942. The first-order chi connectivity index (χ1) is 10.3. The Hall–Kier alpha value is -1.00. The van der Waals surface area contributed by atoms with Crippen LogP contribution in [0.5, 0.6) is 0 Å². The van der Waals surface area contributed by atoms with Crippen LogP contribution in [0.15, 0.2) is 29.2 Å². The first-order valence-corrected chi connectivity index (χ1v) is 8.93. The van der Waals surface area contributed by atoms with Gasteiger partial charge in [0.05, 0.1) is 5.56 Å². The van der Waals surface area contributed by atoms with Crippen molar-refractivity contribution < 1.29 is 9.90 Å². The molecule has 0 amide bonds. The van der Waals surface area contributed by atoms with Crippen LogP contribution in [0, 0.1) is 5.92 Å². The summed E-state index contributed by atoms with van der Waals surface area (Å²) in [4.78, 5) is 14.9. The SMILES string of the molecule is O=C(O)c1ccccc1SC[C@@H]1CCCN2CCCC[C@@H]12. The van der Waals surface area contributed by atoms with Gasteiger partial charge in [0, 0.05) is 16.7 Å². The van der Waals surface area contributed by atoms with E-state index in [0.717, 1.165) is 16.7 Å². The van der Waals surface area contributed by atoms with Crippen LogP contribution in [0.4, 0.5) is 0 Å². The third-order valence-electron chi connectivity index (χ3n) is 4.80. The molecule has 2 aliphatic rings. The van der Waals surface area contributed by atoms with Crippen molar-refractivity contribution in [1.82, 2.24) is 4.90 Å². The summed E-state index contributed by atoms with van der Waals surface area (Å²) < 4.78 is 0. The zero-order valence-electron chi connectivity index (χ0n) is 12.3. The quantitative estimate of drug-likeness (QED) is 0.860. The monoisotopic (exact) mass is 305 g/mol. The molecule has 2 aliphatic heterocycles. The smallest absolute Gasteiger partial charge is 0.336 e. The molecule has 2 fully saturated rings. The molecular formula is C17H23NO2S. The molecule has 2 saturated heterocycles. The lowest BCUT2D eigenvalue weighted by Crippen LogP contribution is -2.48. The minimum atomic E-state index is -0.818. The van der Waals surface area contributed by atoms with Crippen LogP contribution in [0.25, 0.3) is 0 Å². The fourth-order valence-corrected chi connectivity index (χ4v) is 5.01. The summed E-state index contributed by atoms with van der Waals surface area (Å²) in [7, 11) is 0. The second kappa shape index (κ2) is 6.84. The van der Waals surface area contributed by atoms with Crippen LogP contribution in [-0.2, 0) is 0 Å². The summed E-state index contributed by atoms with van der Waals surface area (Å²) in [6.07, 6.45) is 6.61. The van der Waals surface area contributed by atoms with E-state index in [-0.39, 0.29) is 0 Å². The predicted molar refractivity (Wildman–Crippen MR) is 86.1 cm³/mol. The Morgan fingerprint density at radius 1 is 1.19 bits per heavy atom. The molecule has 4 heteroatoms. The Bertz CT molecular complexity index is 503. The number of hydrogen-bond acceptors (Lipinski definition) is 3. The van der Waals surface area contributed by atoms with Crippen LogP contribution < -0.4 is 0 Å². The zero-order chi connectivity index (χ0) is 14.7. The first-order valence-electron chi connectivity index (χ1n) is 7.95. The molecule has 1 aromatic carbocycles. The Kier molecular flexibility index (Phi) is 4.86. The number of carbonyl (C=O) groups is 1. The molecule has 3 rings (SSSR count). The molecule has 1 aromatic rings. The standard InChI is InChI=1S/C17H23NO2S/c19-17(20)14-7-1-2-9-16(14)21-12-13-6-5-11-18-10-4-3-8-15(13)18/h1-2,7,9,13,15H,3-6,8,10-12H2,(H,19,20)/t13-,15-/m0/s1. The normalized spacial score (nSPS) is 26.3. The van der Waals surface area contributed by atoms with Gasteiger partial charge < -0.3 is 10.0 Å². The molecule has 0 unspecified atom stereocenters. The fraction of sp³-hybridized carbons (Fsp3) is 0.588. The van der Waals surface area contributed by atoms with Gasteiger partial charge in [-0.25, -0.2) is 4.79 Å². The lowest BCUT2D eigenvalue weighted by atomic mass is 9.85. The van der Waals surface area contributed by atoms with Crippen molar-refractivity contribution in [3.8, 4) is 0 Å². The van der Waals surface area contributed by atoms with Crippen molar-refractivity contribution in [2.75, 3.05) is 18.8 Å². The summed E-state index contributed by atoms with van der Waals surface area (Å²) in [6, 6.07) is 8.12. The van der Waals surface area contributed by atoms with Gasteiger partial charge in [-0.15, -0.1) is 11.8 Å². The highest BCUT2D eigenvalue weighted by Gasteiger charge is 2.32. The lowest BCUT2D eigenvalue weighted by Gasteiger charge is -2.44. The Morgan fingerprint density at radius 2 is 2.00 bits per heavy atom. The number of carboxylic acid groups (broad SMARTS) is 1. The molecule has 0 radical (unpaired) electrons. The molecule has 21 heavy (non-hydrogen) atoms. The molecule has 0 aromatic heterocycles. The third-order valence-corrected chi connectivity index (χ3v) is 6.06. The maximum absolute atomic E-state index is 11.3. The number of hydrogen-bond donors (Lipinski definition) is 1. The molecule has 1 N–H and O–H groups in total. The predicted octanol–water partition coefficient (Wildman–Crippen LogP) is 3.74. The van der Waals surface area contributed by atoms with Gasteiger partial charge >= 0.3 is 5.97 Å². The Morgan fingerprint density at radius 3 is 2.86 bits per heavy atom. The van der Waals surface area contributed by atoms with Crippen LogP contribution in [0.2, 0.25) is 0 Å². The Labute approximate surface area is 130 Å². The van der Waals surface area contributed by atoms with E-state index in [1.807, 2.05) is 12.1 Å². The average molecular weight is 305 g/mol. The third kappa shape index (κ3) is 3.43. The highest BCUT2D eigenvalue weighted by Crippen LogP contribution is 2.35. The first kappa shape index (κ1) is 14.9. The van der Waals surface area contributed by atoms with E-state index in [1.165, 1.54) is 45.2 Å². The van der Waals surface area contributed by atoms with E-state index < -0.39 is 5.97 Å². The van der Waals surface area contributed by atoms with Crippen LogP contribution in [0.1, 0.15) is 42.5 Å². The van der Waals surface area contributed by atoms with Gasteiger partial charge in [0.2, 0.25) is 0 Å². The maximum Gasteiger partial charge on any atom is 0.336 e. The molecule has 114 valence electrons. The molecular weight excluding hydrogens is 282 g/mol. The molecule has 0 saturated carbocycles. The maximum atomic E-state index is 11.3. The molecule has 0 bridgehead atoms. The highest BCUT2D eigenvalue weighted by atomic mass is 32.2. The van der Waals surface area contributed by atoms with Crippen molar-refractivity contribution >= 4 is 17.7 Å². The van der Waals surface area contributed by atoms with Gasteiger partial charge in [-0.05, 0) is 56.8 Å². The zero-order valence-corrected chi connectivity index (χ0v) is 13.1. The minimum Gasteiger partial charge on any atom is -0.478 e. The highest BCUT2D eigenvalue weighted by molar-refractivity contribution is 7.99. The van der Waals surface area contributed by atoms with Crippen LogP contribution >= 0.6 is 11.8 Å². The topological polar surface area (TPSA) is 40.5 Å². The number of fused-ring (bicyclic) bond motifs is 1. The van der Waals surface area contributed by atoms with Crippen molar-refractivity contribution in [2.24, 2.45) is 5.92 Å². The lowest BCUT2D eigenvalue weighted by molar-refractivity contribution is 0.0689. The number of carboxylic acids is 1. The van der Waals surface area contributed by atoms with E-state index in [4.69, 9.17) is 0 Å². The van der Waals surface area contributed by atoms with Gasteiger partial charge in [-0.1, -0.05) is 18.6 Å². The van der Waals surface area contributed by atoms with Crippen molar-refractivity contribution in [1.29, 1.82) is 0 Å². The minimum absolute atomic E-state index is 0.443. The van der Waals surface area contributed by atoms with Crippen LogP contribution in [-0.4, -0.2) is 40.9 Å². The molecule has 3 nitrogen and oxygen atoms in total. The van der Waals surface area contributed by atoms with E-state index in [1.54, 1.807) is 23.9 Å². The second-order valence-corrected chi connectivity index (χ2v) is 7.18. The summed E-state index contributed by atoms with van der Waals surface area (Å²) in [5, 5.41) is 9.27. The summed E-state index contributed by atoms with van der Waals surface area (Å²) in [6.45, 7) is 2.52. The molecule has 0 aliphatic carbocycles. The number of rotatable bonds is 4. The summed E-state index contributed by atoms with van der Waals surface area (Å²) >= 11 is 1.73. The van der Waals surface area contributed by atoms with Gasteiger partial charge in [-0.3, -0.25) is 0 Å². The van der Waals surface area contributed by atoms with Crippen LogP contribution in [0.3, 0.4) is 0 Å². The average Bonchev–Trinajstić information content (AvgIpc) is 2.53. The van der Waals surface area contributed by atoms with E-state index in [9.17, 15) is 9.90 Å². The summed E-state index contributed by atoms with van der Waals surface area (Å²) in [5.41, 5.74) is 0.443. The Balaban J connectivity index is 1.65. The fourth-order valence-electron chi connectivity index (χ4n) is 3.74. The van der Waals surface area contributed by atoms with Gasteiger partial charge in [0.1, 0.15) is 0 Å². The molecule has 2 atom stereocenters. The van der Waals surface area contributed by atoms with Gasteiger partial charge in [0.15, 0.2) is 0 Å². The van der Waals surface area contributed by atoms with Gasteiger partial charge in [-0.2, -0.15) is 0 Å². The van der Waals surface area contributed by atoms with E-state index in [0.29, 0.717) is 11.5 Å². The largest absolute Gasteiger partial charge is 0.478 e. The number of aromatic carboxylic acids is 1. The van der Waals surface area contributed by atoms with Gasteiger partial charge in [0.25, 0.3) is 0 Å². The number of thioether (sulfide) groups is 1. The van der Waals surface area contributed by atoms with E-state index in [2.05, 4.69) is 4.90 Å². The second-order valence-electron chi connectivity index (χ2n) is 6.11.